The Hall–Kier alpha value is -1.60. The van der Waals surface area contributed by atoms with E-state index < -0.39 is 15.6 Å². The van der Waals surface area contributed by atoms with Crippen LogP contribution in [-0.4, -0.2) is 31.4 Å². The minimum absolute atomic E-state index is 0.0748. The number of sulfonamides is 1. The number of aliphatic hydroxyl groups is 1. The highest BCUT2D eigenvalue weighted by Gasteiger charge is 2.35. The summed E-state index contributed by atoms with van der Waals surface area (Å²) in [7, 11) is -3.19. The van der Waals surface area contributed by atoms with Crippen molar-refractivity contribution >= 4 is 27.3 Å². The molecule has 0 spiro atoms. The molecule has 2 aromatic carbocycles. The monoisotopic (exact) mass is 518 g/mol. The Morgan fingerprint density at radius 3 is 2.11 bits per heavy atom. The molecule has 2 aliphatic carbocycles. The van der Waals surface area contributed by atoms with E-state index in [0.717, 1.165) is 69.2 Å². The molecule has 2 saturated carbocycles. The van der Waals surface area contributed by atoms with Gasteiger partial charge in [-0.05, 0) is 112 Å². The van der Waals surface area contributed by atoms with Gasteiger partial charge in [-0.2, -0.15) is 0 Å². The van der Waals surface area contributed by atoms with Crippen LogP contribution in [-0.2, 0) is 15.6 Å². The number of hydrogen-bond donors (Lipinski definition) is 3. The van der Waals surface area contributed by atoms with Gasteiger partial charge in [-0.15, -0.1) is 0 Å². The van der Waals surface area contributed by atoms with Gasteiger partial charge in [0.25, 0.3) is 0 Å². The number of anilines is 1. The first-order valence-corrected chi connectivity index (χ1v) is 14.9. The predicted molar refractivity (Wildman–Crippen MR) is 144 cm³/mol. The number of hydrogen-bond acceptors (Lipinski definition) is 4. The van der Waals surface area contributed by atoms with Crippen LogP contribution in [0.1, 0.15) is 82.3 Å². The summed E-state index contributed by atoms with van der Waals surface area (Å²) >= 11 is 6.01. The van der Waals surface area contributed by atoms with Gasteiger partial charge in [0.05, 0.1) is 10.9 Å². The van der Waals surface area contributed by atoms with Gasteiger partial charge in [0.1, 0.15) is 0 Å². The first-order chi connectivity index (χ1) is 16.6. The number of benzene rings is 2. The molecule has 0 saturated heterocycles. The summed E-state index contributed by atoms with van der Waals surface area (Å²) in [4.78, 5) is 0. The molecule has 4 rings (SSSR count). The first kappa shape index (κ1) is 26.5. The molecule has 2 fully saturated rings. The third-order valence-electron chi connectivity index (χ3n) is 7.97. The zero-order valence-electron chi connectivity index (χ0n) is 20.8. The van der Waals surface area contributed by atoms with Crippen molar-refractivity contribution in [2.24, 2.45) is 5.92 Å². The summed E-state index contributed by atoms with van der Waals surface area (Å²) in [6.45, 7) is 4.36. The second kappa shape index (κ2) is 11.2. The van der Waals surface area contributed by atoms with Gasteiger partial charge in [0, 0.05) is 23.3 Å². The zero-order valence-corrected chi connectivity index (χ0v) is 22.4. The Kier molecular flexibility index (Phi) is 8.47. The van der Waals surface area contributed by atoms with Crippen LogP contribution in [0, 0.1) is 5.92 Å². The van der Waals surface area contributed by atoms with E-state index in [1.54, 1.807) is 13.8 Å². The van der Waals surface area contributed by atoms with Crippen molar-refractivity contribution < 1.29 is 13.5 Å². The molecule has 3 N–H and O–H groups in total. The lowest BCUT2D eigenvalue weighted by molar-refractivity contribution is -0.00565. The van der Waals surface area contributed by atoms with Crippen molar-refractivity contribution in [3.05, 3.63) is 64.7 Å². The minimum Gasteiger partial charge on any atom is -0.385 e. The molecule has 0 amide bonds. The van der Waals surface area contributed by atoms with Gasteiger partial charge in [-0.25, -0.2) is 13.1 Å². The van der Waals surface area contributed by atoms with Crippen LogP contribution in [0.3, 0.4) is 0 Å². The average molecular weight is 519 g/mol. The van der Waals surface area contributed by atoms with Crippen molar-refractivity contribution in [3.63, 3.8) is 0 Å². The second-order valence-electron chi connectivity index (χ2n) is 10.7. The molecule has 5 nitrogen and oxygen atoms in total. The van der Waals surface area contributed by atoms with Crippen LogP contribution in [0.15, 0.2) is 48.5 Å². The third kappa shape index (κ3) is 6.79. The lowest BCUT2D eigenvalue weighted by Crippen LogP contribution is -2.41. The fourth-order valence-corrected chi connectivity index (χ4v) is 6.56. The largest absolute Gasteiger partial charge is 0.385 e. The van der Waals surface area contributed by atoms with Crippen LogP contribution >= 0.6 is 11.6 Å². The Bertz CT molecular complexity index is 1050. The third-order valence-corrected chi connectivity index (χ3v) is 10.1. The molecule has 2 aromatic rings. The van der Waals surface area contributed by atoms with Crippen molar-refractivity contribution in [2.45, 2.75) is 88.0 Å². The maximum Gasteiger partial charge on any atom is 0.214 e. The molecule has 192 valence electrons. The van der Waals surface area contributed by atoms with E-state index >= 15 is 0 Å². The average Bonchev–Trinajstić information content (AvgIpc) is 2.84. The van der Waals surface area contributed by atoms with E-state index in [4.69, 9.17) is 11.6 Å². The molecule has 35 heavy (non-hydrogen) atoms. The standard InChI is InChI=1S/C28H39ClN2O3S/c1-20(2)35(33,34)31-27-11-3-21(4-12-27)19-30-26-13-5-22(6-14-26)23-15-17-28(32,18-16-23)24-7-9-25(29)10-8-24/h5-10,13-14,20-21,23,27,30-32H,3-4,11-12,15-19H2,1-2H3. The summed E-state index contributed by atoms with van der Waals surface area (Å²) < 4.78 is 27.1. The molecule has 7 heteroatoms. The molecule has 0 aliphatic heterocycles. The predicted octanol–water partition coefficient (Wildman–Crippen LogP) is 6.18. The van der Waals surface area contributed by atoms with Gasteiger partial charge < -0.3 is 10.4 Å². The smallest absolute Gasteiger partial charge is 0.214 e. The fraction of sp³-hybridized carbons (Fsp3) is 0.571. The lowest BCUT2D eigenvalue weighted by Gasteiger charge is -2.36. The first-order valence-electron chi connectivity index (χ1n) is 13.0. The van der Waals surface area contributed by atoms with E-state index in [9.17, 15) is 13.5 Å². The Morgan fingerprint density at radius 2 is 1.54 bits per heavy atom. The summed E-state index contributed by atoms with van der Waals surface area (Å²) in [5, 5.41) is 15.0. The molecule has 0 aromatic heterocycles. The Balaban J connectivity index is 1.22. The molecule has 0 heterocycles. The topological polar surface area (TPSA) is 78.4 Å². The Labute approximate surface area is 215 Å². The highest BCUT2D eigenvalue weighted by atomic mass is 35.5. The van der Waals surface area contributed by atoms with Crippen molar-refractivity contribution in [1.82, 2.24) is 4.72 Å². The van der Waals surface area contributed by atoms with Gasteiger partial charge in [0.15, 0.2) is 0 Å². The van der Waals surface area contributed by atoms with Crippen LogP contribution in [0.4, 0.5) is 5.69 Å². The molecule has 0 unspecified atom stereocenters. The van der Waals surface area contributed by atoms with Crippen LogP contribution in [0.2, 0.25) is 5.02 Å². The van der Waals surface area contributed by atoms with Crippen LogP contribution in [0.25, 0.3) is 0 Å². The van der Waals surface area contributed by atoms with Crippen molar-refractivity contribution in [3.8, 4) is 0 Å². The summed E-state index contributed by atoms with van der Waals surface area (Å²) in [5.74, 6) is 1.04. The molecular weight excluding hydrogens is 480 g/mol. The number of nitrogens with one attached hydrogen (secondary N) is 2. The second-order valence-corrected chi connectivity index (χ2v) is 13.4. The highest BCUT2D eigenvalue weighted by molar-refractivity contribution is 7.90. The van der Waals surface area contributed by atoms with Crippen LogP contribution < -0.4 is 10.0 Å². The number of halogens is 1. The van der Waals surface area contributed by atoms with Crippen molar-refractivity contribution in [1.29, 1.82) is 0 Å². The summed E-state index contributed by atoms with van der Waals surface area (Å²) in [5.41, 5.74) is 2.68. The van der Waals surface area contributed by atoms with Crippen molar-refractivity contribution in [2.75, 3.05) is 11.9 Å². The highest BCUT2D eigenvalue weighted by Crippen LogP contribution is 2.43. The summed E-state index contributed by atoms with van der Waals surface area (Å²) in [6, 6.07) is 16.4. The van der Waals surface area contributed by atoms with Gasteiger partial charge >= 0.3 is 0 Å². The minimum atomic E-state index is -3.19. The van der Waals surface area contributed by atoms with E-state index in [2.05, 4.69) is 34.3 Å². The number of rotatable bonds is 8. The maximum atomic E-state index is 12.1. The van der Waals surface area contributed by atoms with Gasteiger partial charge in [-0.3, -0.25) is 0 Å². The van der Waals surface area contributed by atoms with Gasteiger partial charge in [0.2, 0.25) is 10.0 Å². The zero-order chi connectivity index (χ0) is 25.1. The van der Waals surface area contributed by atoms with E-state index in [1.165, 1.54) is 5.56 Å². The maximum absolute atomic E-state index is 12.1. The van der Waals surface area contributed by atoms with E-state index in [1.807, 2.05) is 24.3 Å². The molecule has 0 atom stereocenters. The van der Waals surface area contributed by atoms with E-state index in [0.29, 0.717) is 16.9 Å². The normalized spacial score (nSPS) is 27.6. The Morgan fingerprint density at radius 1 is 0.943 bits per heavy atom. The summed E-state index contributed by atoms with van der Waals surface area (Å²) in [6.07, 6.45) is 7.34. The fourth-order valence-electron chi connectivity index (χ4n) is 5.47. The molecule has 0 bridgehead atoms. The van der Waals surface area contributed by atoms with Gasteiger partial charge in [-0.1, -0.05) is 35.9 Å². The lowest BCUT2D eigenvalue weighted by atomic mass is 9.73. The molecular formula is C28H39ClN2O3S. The van der Waals surface area contributed by atoms with Crippen LogP contribution in [0.5, 0.6) is 0 Å². The quantitative estimate of drug-likeness (QED) is 0.389. The molecule has 2 aliphatic rings. The molecule has 0 radical (unpaired) electrons. The van der Waals surface area contributed by atoms with E-state index in [-0.39, 0.29) is 11.3 Å². The SMILES string of the molecule is CC(C)S(=O)(=O)NC1CCC(CNc2ccc(C3CCC(O)(c4ccc(Cl)cc4)CC3)cc2)CC1.